The molecule has 2 N–H and O–H groups in total. The van der Waals surface area contributed by atoms with Crippen molar-refractivity contribution in [3.63, 3.8) is 0 Å². The van der Waals surface area contributed by atoms with Gasteiger partial charge in [-0.3, -0.25) is 0 Å². The molecule has 0 saturated heterocycles. The van der Waals surface area contributed by atoms with Gasteiger partial charge in [-0.15, -0.1) is 11.3 Å². The molecule has 0 amide bonds. The van der Waals surface area contributed by atoms with Gasteiger partial charge in [0.25, 0.3) is 0 Å². The molecule has 31 heavy (non-hydrogen) atoms. The lowest BCUT2D eigenvalue weighted by Gasteiger charge is -2.12. The minimum absolute atomic E-state index is 0.177. The number of fused-ring (bicyclic) bond motifs is 1. The number of benzene rings is 2. The van der Waals surface area contributed by atoms with Gasteiger partial charge in [0.2, 0.25) is 0 Å². The van der Waals surface area contributed by atoms with Crippen LogP contribution in [0.1, 0.15) is 22.4 Å². The Labute approximate surface area is 183 Å². The van der Waals surface area contributed by atoms with E-state index in [0.717, 1.165) is 10.9 Å². The fourth-order valence-corrected chi connectivity index (χ4v) is 5.27. The second-order valence-corrected chi connectivity index (χ2v) is 11.8. The first-order chi connectivity index (χ1) is 14.5. The number of methoxy groups -OCH3 is 1. The third-order valence-electron chi connectivity index (χ3n) is 4.84. The Balaban J connectivity index is 1.86. The van der Waals surface area contributed by atoms with E-state index in [2.05, 4.69) is 11.8 Å². The van der Waals surface area contributed by atoms with E-state index in [4.69, 9.17) is 10.5 Å². The zero-order valence-electron chi connectivity index (χ0n) is 17.5. The minimum atomic E-state index is -4.33. The minimum Gasteiger partial charge on any atom is -0.496 e. The summed E-state index contributed by atoms with van der Waals surface area (Å²) in [5.74, 6) is 6.55. The number of anilines is 1. The van der Waals surface area contributed by atoms with Gasteiger partial charge in [0, 0.05) is 17.4 Å². The molecular weight excluding hydrogens is 442 g/mol. The van der Waals surface area contributed by atoms with Crippen LogP contribution in [0.4, 0.5) is 18.9 Å². The summed E-state index contributed by atoms with van der Waals surface area (Å²) in [6.45, 7) is 3.40. The molecule has 3 aromatic rings. The van der Waals surface area contributed by atoms with Crippen LogP contribution in [0.2, 0.25) is 0 Å². The summed E-state index contributed by atoms with van der Waals surface area (Å²) in [5, 5.41) is 1.24. The fraction of sp³-hybridized carbons (Fsp3) is 0.304. The van der Waals surface area contributed by atoms with Crippen molar-refractivity contribution in [1.82, 2.24) is 0 Å². The fourth-order valence-electron chi connectivity index (χ4n) is 3.28. The molecule has 0 aliphatic rings. The van der Waals surface area contributed by atoms with Crippen molar-refractivity contribution < 1.29 is 22.5 Å². The van der Waals surface area contributed by atoms with E-state index in [0.29, 0.717) is 39.2 Å². The highest BCUT2D eigenvalue weighted by Gasteiger charge is 2.31. The van der Waals surface area contributed by atoms with Gasteiger partial charge in [-0.05, 0) is 48.4 Å². The summed E-state index contributed by atoms with van der Waals surface area (Å²) in [5.41, 5.74) is 7.49. The van der Waals surface area contributed by atoms with E-state index < -0.39 is 19.7 Å². The lowest BCUT2D eigenvalue weighted by molar-refractivity contribution is -0.126. The average molecular weight is 465 g/mol. The van der Waals surface area contributed by atoms with Gasteiger partial charge < -0.3 is 15.0 Å². The zero-order valence-corrected chi connectivity index (χ0v) is 19.2. The van der Waals surface area contributed by atoms with E-state index in [1.807, 2.05) is 12.1 Å². The maximum Gasteiger partial charge on any atom is 0.393 e. The topological polar surface area (TPSA) is 52.3 Å². The highest BCUT2D eigenvalue weighted by Crippen LogP contribution is 2.38. The van der Waals surface area contributed by atoms with Crippen LogP contribution in [-0.4, -0.2) is 26.6 Å². The van der Waals surface area contributed by atoms with Crippen molar-refractivity contribution in [3.05, 3.63) is 52.4 Å². The third kappa shape index (κ3) is 5.64. The predicted octanol–water partition coefficient (Wildman–Crippen LogP) is 5.83. The van der Waals surface area contributed by atoms with Crippen molar-refractivity contribution >= 4 is 39.6 Å². The second-order valence-electron chi connectivity index (χ2n) is 7.57. The number of ether oxygens (including phenoxy) is 1. The van der Waals surface area contributed by atoms with Gasteiger partial charge >= 0.3 is 6.18 Å². The molecule has 1 heterocycles. The maximum atomic E-state index is 13.1. The van der Waals surface area contributed by atoms with E-state index in [9.17, 15) is 17.7 Å². The quantitative estimate of drug-likeness (QED) is 0.293. The normalized spacial score (nSPS) is 11.9. The highest BCUT2D eigenvalue weighted by atomic mass is 32.1. The van der Waals surface area contributed by atoms with E-state index in [1.165, 1.54) is 11.3 Å². The summed E-state index contributed by atoms with van der Waals surface area (Å²) in [7, 11) is -0.849. The van der Waals surface area contributed by atoms with Crippen LogP contribution >= 0.6 is 18.5 Å². The molecule has 1 aromatic heterocycles. The van der Waals surface area contributed by atoms with E-state index >= 15 is 0 Å². The molecule has 0 bridgehead atoms. The molecule has 0 saturated carbocycles. The lowest BCUT2D eigenvalue weighted by atomic mass is 10.1. The molecule has 0 unspecified atom stereocenters. The second kappa shape index (κ2) is 8.98. The zero-order chi connectivity index (χ0) is 22.8. The number of hydrogen-bond acceptors (Lipinski definition) is 4. The summed E-state index contributed by atoms with van der Waals surface area (Å²) < 4.78 is 57.7. The van der Waals surface area contributed by atoms with Crippen molar-refractivity contribution in [1.29, 1.82) is 0 Å². The molecule has 0 aliphatic heterocycles. The Bertz CT molecular complexity index is 1220. The largest absolute Gasteiger partial charge is 0.496 e. The third-order valence-corrected chi connectivity index (χ3v) is 7.57. The number of thiophene rings is 1. The van der Waals surface area contributed by atoms with E-state index in [1.54, 1.807) is 44.7 Å². The smallest absolute Gasteiger partial charge is 0.393 e. The maximum absolute atomic E-state index is 13.1. The first kappa shape index (κ1) is 23.2. The van der Waals surface area contributed by atoms with Gasteiger partial charge in [0.15, 0.2) is 0 Å². The van der Waals surface area contributed by atoms with Crippen molar-refractivity contribution in [3.8, 4) is 17.6 Å². The molecule has 2 aromatic carbocycles. The first-order valence-electron chi connectivity index (χ1n) is 9.57. The Hall–Kier alpha value is -2.42. The molecule has 0 aliphatic carbocycles. The van der Waals surface area contributed by atoms with E-state index in [-0.39, 0.29) is 5.56 Å². The van der Waals surface area contributed by atoms with Crippen molar-refractivity contribution in [2.75, 3.05) is 26.2 Å². The molecule has 0 spiro atoms. The Morgan fingerprint density at radius 2 is 1.94 bits per heavy atom. The molecule has 0 atom stereocenters. The standard InChI is InChI=1S/C23H23F3NO2PS/c1-29-20-13-16(30(2,3)28)12-11-15(20)7-4-5-10-21-18(14-23(24,25)26)17-8-6-9-19(27)22(17)31-21/h6,8-9,11-13H,4,7,14,27H2,1-3H3. The van der Waals surface area contributed by atoms with Crippen LogP contribution in [0.3, 0.4) is 0 Å². The average Bonchev–Trinajstić information content (AvgIpc) is 3.02. The number of alkyl halides is 3. The Kier molecular flexibility index (Phi) is 6.73. The van der Waals surface area contributed by atoms with Gasteiger partial charge in [-0.1, -0.05) is 36.1 Å². The molecular formula is C23H23F3NO2PS. The summed E-state index contributed by atoms with van der Waals surface area (Å²) >= 11 is 1.20. The number of halogens is 3. The summed E-state index contributed by atoms with van der Waals surface area (Å²) in [6, 6.07) is 10.4. The highest BCUT2D eigenvalue weighted by molar-refractivity contribution is 7.70. The van der Waals surface area contributed by atoms with Crippen LogP contribution < -0.4 is 15.8 Å². The molecule has 3 nitrogen and oxygen atoms in total. The van der Waals surface area contributed by atoms with Crippen LogP contribution in [0.5, 0.6) is 5.75 Å². The van der Waals surface area contributed by atoms with Crippen LogP contribution in [-0.2, 0) is 17.4 Å². The van der Waals surface area contributed by atoms with Gasteiger partial charge in [-0.25, -0.2) is 0 Å². The Morgan fingerprint density at radius 1 is 1.19 bits per heavy atom. The van der Waals surface area contributed by atoms with Crippen LogP contribution in [0.15, 0.2) is 36.4 Å². The number of nitrogen functional groups attached to an aromatic ring is 1. The van der Waals surface area contributed by atoms with Crippen molar-refractivity contribution in [2.45, 2.75) is 25.4 Å². The van der Waals surface area contributed by atoms with Crippen molar-refractivity contribution in [2.24, 2.45) is 0 Å². The number of hydrogen-bond donors (Lipinski definition) is 1. The van der Waals surface area contributed by atoms with Gasteiger partial charge in [-0.2, -0.15) is 13.2 Å². The molecule has 8 heteroatoms. The lowest BCUT2D eigenvalue weighted by Crippen LogP contribution is -2.11. The Morgan fingerprint density at radius 3 is 2.58 bits per heavy atom. The predicted molar refractivity (Wildman–Crippen MR) is 123 cm³/mol. The summed E-state index contributed by atoms with van der Waals surface area (Å²) in [6.07, 6.45) is -4.36. The van der Waals surface area contributed by atoms with Crippen LogP contribution in [0, 0.1) is 11.8 Å². The molecule has 164 valence electrons. The number of aryl methyl sites for hydroxylation is 1. The van der Waals surface area contributed by atoms with Gasteiger partial charge in [0.1, 0.15) is 12.9 Å². The first-order valence-corrected chi connectivity index (χ1v) is 13.0. The molecule has 0 radical (unpaired) electrons. The molecule has 3 rings (SSSR count). The van der Waals surface area contributed by atoms with Crippen LogP contribution in [0.25, 0.3) is 10.1 Å². The SMILES string of the molecule is COc1cc(P(C)(C)=O)ccc1CCC#Cc1sc2c(N)cccc2c1CC(F)(F)F. The monoisotopic (exact) mass is 465 g/mol. The number of nitrogens with two attached hydrogens (primary N) is 1. The molecule has 0 fully saturated rings. The van der Waals surface area contributed by atoms with Gasteiger partial charge in [0.05, 0.1) is 23.1 Å². The number of rotatable bonds is 5. The summed E-state index contributed by atoms with van der Waals surface area (Å²) in [4.78, 5) is 0.394.